The highest BCUT2D eigenvalue weighted by molar-refractivity contribution is 6.36. The van der Waals surface area contributed by atoms with Gasteiger partial charge in [-0.25, -0.2) is 0 Å². The number of nitriles is 1. The first kappa shape index (κ1) is 20.2. The lowest BCUT2D eigenvalue weighted by Crippen LogP contribution is -2.14. The summed E-state index contributed by atoms with van der Waals surface area (Å²) in [5.41, 5.74) is 0.633. The zero-order chi connectivity index (χ0) is 20.1. The lowest BCUT2D eigenvalue weighted by Gasteiger charge is -2.12. The molecule has 0 aliphatic heterocycles. The molecule has 2 aromatic rings. The number of benzene rings is 2. The second-order valence-corrected chi connectivity index (χ2v) is 6.49. The predicted octanol–water partition coefficient (Wildman–Crippen LogP) is 4.51. The van der Waals surface area contributed by atoms with Crippen LogP contribution in [-0.2, 0) is 4.79 Å². The molecule has 0 saturated heterocycles. The van der Waals surface area contributed by atoms with Gasteiger partial charge in [-0.3, -0.25) is 14.9 Å². The van der Waals surface area contributed by atoms with Crippen molar-refractivity contribution in [2.24, 2.45) is 0 Å². The van der Waals surface area contributed by atoms with E-state index in [1.165, 1.54) is 24.3 Å². The molecule has 27 heavy (non-hydrogen) atoms. The minimum absolute atomic E-state index is 0.135. The van der Waals surface area contributed by atoms with Crippen LogP contribution in [0, 0.1) is 21.4 Å². The molecule has 0 heterocycles. The van der Waals surface area contributed by atoms with E-state index < -0.39 is 10.8 Å². The normalized spacial score (nSPS) is 10.9. The molecule has 0 saturated carbocycles. The summed E-state index contributed by atoms with van der Waals surface area (Å²) in [6.45, 7) is 0. The lowest BCUT2D eigenvalue weighted by atomic mass is 10.1. The van der Waals surface area contributed by atoms with Gasteiger partial charge in [0, 0.05) is 25.2 Å². The van der Waals surface area contributed by atoms with E-state index in [9.17, 15) is 20.2 Å². The number of hydrogen-bond acceptors (Lipinski definition) is 5. The van der Waals surface area contributed by atoms with Crippen LogP contribution < -0.4 is 10.2 Å². The van der Waals surface area contributed by atoms with Crippen molar-refractivity contribution in [1.82, 2.24) is 0 Å². The molecule has 7 nitrogen and oxygen atoms in total. The minimum atomic E-state index is -0.707. The average Bonchev–Trinajstić information content (AvgIpc) is 2.62. The third-order valence-corrected chi connectivity index (χ3v) is 4.10. The fraction of sp³-hybridized carbons (Fsp3) is 0.111. The molecule has 138 valence electrons. The van der Waals surface area contributed by atoms with E-state index in [0.717, 1.165) is 0 Å². The van der Waals surface area contributed by atoms with Crippen molar-refractivity contribution < 1.29 is 9.72 Å². The summed E-state index contributed by atoms with van der Waals surface area (Å²) in [6, 6.07) is 10.7. The summed E-state index contributed by atoms with van der Waals surface area (Å²) in [5, 5.41) is 23.7. The number of nitro groups is 1. The summed E-state index contributed by atoms with van der Waals surface area (Å²) in [4.78, 5) is 24.7. The van der Waals surface area contributed by atoms with Crippen LogP contribution in [0.2, 0.25) is 10.0 Å². The van der Waals surface area contributed by atoms with E-state index in [1.807, 2.05) is 0 Å². The highest BCUT2D eigenvalue weighted by Crippen LogP contribution is 2.29. The Morgan fingerprint density at radius 2 is 1.96 bits per heavy atom. The third kappa shape index (κ3) is 4.97. The molecular weight excluding hydrogens is 391 g/mol. The van der Waals surface area contributed by atoms with Crippen LogP contribution in [0.4, 0.5) is 17.1 Å². The highest BCUT2D eigenvalue weighted by atomic mass is 35.5. The van der Waals surface area contributed by atoms with E-state index >= 15 is 0 Å². The van der Waals surface area contributed by atoms with Gasteiger partial charge in [0.2, 0.25) is 0 Å². The second-order valence-electron chi connectivity index (χ2n) is 5.65. The summed E-state index contributed by atoms with van der Waals surface area (Å²) in [7, 11) is 3.36. The van der Waals surface area contributed by atoms with Crippen LogP contribution in [0.1, 0.15) is 5.56 Å². The minimum Gasteiger partial charge on any atom is -0.372 e. The maximum absolute atomic E-state index is 12.4. The van der Waals surface area contributed by atoms with Gasteiger partial charge >= 0.3 is 0 Å². The van der Waals surface area contributed by atoms with Gasteiger partial charge in [-0.05, 0) is 35.9 Å². The van der Waals surface area contributed by atoms with E-state index in [0.29, 0.717) is 16.3 Å². The molecular formula is C18H14Cl2N4O3. The van der Waals surface area contributed by atoms with Gasteiger partial charge in [0.15, 0.2) is 0 Å². The number of nitrogens with one attached hydrogen (secondary N) is 1. The van der Waals surface area contributed by atoms with Crippen molar-refractivity contribution in [2.45, 2.75) is 0 Å². The van der Waals surface area contributed by atoms with Gasteiger partial charge in [-0.1, -0.05) is 29.3 Å². The molecule has 9 heteroatoms. The quantitative estimate of drug-likeness (QED) is 0.341. The zero-order valence-electron chi connectivity index (χ0n) is 14.4. The zero-order valence-corrected chi connectivity index (χ0v) is 15.9. The number of nitro benzene ring substituents is 1. The molecule has 0 spiro atoms. The second kappa shape index (κ2) is 8.54. The Morgan fingerprint density at radius 1 is 1.26 bits per heavy atom. The Morgan fingerprint density at radius 3 is 2.56 bits per heavy atom. The number of hydrogen-bond donors (Lipinski definition) is 1. The van der Waals surface area contributed by atoms with Crippen LogP contribution in [0.3, 0.4) is 0 Å². The first-order chi connectivity index (χ1) is 12.7. The number of anilines is 2. The third-order valence-electron chi connectivity index (χ3n) is 3.53. The van der Waals surface area contributed by atoms with Gasteiger partial charge in [-0.15, -0.1) is 0 Å². The molecule has 2 rings (SSSR count). The Hall–Kier alpha value is -3.08. The smallest absolute Gasteiger partial charge is 0.293 e. The SMILES string of the molecule is CN(C)c1ccc(/C=C(\C#N)C(=O)Nc2cc(Cl)ccc2Cl)cc1[N+](=O)[O-]. The van der Waals surface area contributed by atoms with Gasteiger partial charge in [0.25, 0.3) is 11.6 Å². The fourth-order valence-electron chi connectivity index (χ4n) is 2.25. The number of nitrogens with zero attached hydrogens (tertiary/aromatic N) is 3. The van der Waals surface area contributed by atoms with Gasteiger partial charge in [0.05, 0.1) is 15.6 Å². The van der Waals surface area contributed by atoms with Crippen molar-refractivity contribution in [1.29, 1.82) is 5.26 Å². The number of carbonyl (C=O) groups is 1. The topological polar surface area (TPSA) is 99.3 Å². The highest BCUT2D eigenvalue weighted by Gasteiger charge is 2.17. The van der Waals surface area contributed by atoms with Crippen LogP contribution in [-0.4, -0.2) is 24.9 Å². The van der Waals surface area contributed by atoms with E-state index in [1.54, 1.807) is 43.3 Å². The summed E-state index contributed by atoms with van der Waals surface area (Å²) in [6.07, 6.45) is 1.26. The largest absolute Gasteiger partial charge is 0.372 e. The first-order valence-corrected chi connectivity index (χ1v) is 8.32. The van der Waals surface area contributed by atoms with Gasteiger partial charge in [0.1, 0.15) is 17.3 Å². The summed E-state index contributed by atoms with van der Waals surface area (Å²) < 4.78 is 0. The predicted molar refractivity (Wildman–Crippen MR) is 106 cm³/mol. The van der Waals surface area contributed by atoms with Crippen molar-refractivity contribution in [3.05, 3.63) is 67.7 Å². The molecule has 0 bridgehead atoms. The number of halogens is 2. The van der Waals surface area contributed by atoms with Crippen LogP contribution in [0.5, 0.6) is 0 Å². The summed E-state index contributed by atoms with van der Waals surface area (Å²) >= 11 is 11.9. The van der Waals surface area contributed by atoms with Crippen molar-refractivity contribution in [3.63, 3.8) is 0 Å². The summed E-state index contributed by atoms with van der Waals surface area (Å²) in [5.74, 6) is -0.707. The average molecular weight is 405 g/mol. The van der Waals surface area contributed by atoms with E-state index in [4.69, 9.17) is 23.2 Å². The monoisotopic (exact) mass is 404 g/mol. The number of carbonyl (C=O) groups excluding carboxylic acids is 1. The molecule has 0 aliphatic rings. The Kier molecular flexibility index (Phi) is 6.40. The van der Waals surface area contributed by atoms with Crippen LogP contribution >= 0.6 is 23.2 Å². The maximum atomic E-state index is 12.4. The number of rotatable bonds is 5. The molecule has 0 aromatic heterocycles. The van der Waals surface area contributed by atoms with E-state index in [-0.39, 0.29) is 22.0 Å². The molecule has 1 amide bonds. The standard InChI is InChI=1S/C18H14Cl2N4O3/c1-23(2)16-6-3-11(8-17(16)24(26)27)7-12(10-21)18(25)22-15-9-13(19)4-5-14(15)20/h3-9H,1-2H3,(H,22,25)/b12-7+. The van der Waals surface area contributed by atoms with Gasteiger partial charge in [-0.2, -0.15) is 5.26 Å². The molecule has 0 unspecified atom stereocenters. The fourth-order valence-corrected chi connectivity index (χ4v) is 2.59. The molecule has 0 atom stereocenters. The lowest BCUT2D eigenvalue weighted by molar-refractivity contribution is -0.384. The Balaban J connectivity index is 2.36. The molecule has 0 radical (unpaired) electrons. The van der Waals surface area contributed by atoms with Gasteiger partial charge < -0.3 is 10.2 Å². The van der Waals surface area contributed by atoms with E-state index in [2.05, 4.69) is 5.32 Å². The molecule has 0 aliphatic carbocycles. The van der Waals surface area contributed by atoms with Crippen molar-refractivity contribution in [2.75, 3.05) is 24.3 Å². The van der Waals surface area contributed by atoms with Crippen molar-refractivity contribution >= 4 is 52.2 Å². The molecule has 0 fully saturated rings. The van der Waals surface area contributed by atoms with Crippen LogP contribution in [0.25, 0.3) is 6.08 Å². The van der Waals surface area contributed by atoms with Crippen LogP contribution in [0.15, 0.2) is 42.0 Å². The molecule has 2 aromatic carbocycles. The Bertz CT molecular complexity index is 981. The molecule has 1 N–H and O–H groups in total. The maximum Gasteiger partial charge on any atom is 0.293 e. The Labute approximate surface area is 165 Å². The van der Waals surface area contributed by atoms with Crippen molar-refractivity contribution in [3.8, 4) is 6.07 Å². The first-order valence-electron chi connectivity index (χ1n) is 7.57. The number of amides is 1.